The molecule has 2 N–H and O–H groups in total. The van der Waals surface area contributed by atoms with Crippen molar-refractivity contribution in [3.63, 3.8) is 0 Å². The van der Waals surface area contributed by atoms with Crippen molar-refractivity contribution in [2.45, 2.75) is 57.4 Å². The maximum Gasteiger partial charge on any atom is 0.310 e. The normalized spacial score (nSPS) is 27.9. The molecule has 0 radical (unpaired) electrons. The van der Waals surface area contributed by atoms with E-state index in [0.717, 1.165) is 71.5 Å². The number of nitrogens with one attached hydrogen (secondary N) is 1. The number of likely N-dealkylation sites (tertiary alicyclic amines) is 1. The summed E-state index contributed by atoms with van der Waals surface area (Å²) in [5.74, 6) is 0.0479. The van der Waals surface area contributed by atoms with Gasteiger partial charge in [0.2, 0.25) is 0 Å². The lowest BCUT2D eigenvalue weighted by molar-refractivity contribution is -0.157. The topological polar surface area (TPSA) is 61.8 Å². The van der Waals surface area contributed by atoms with Crippen molar-refractivity contribution in [3.05, 3.63) is 35.9 Å². The summed E-state index contributed by atoms with van der Waals surface area (Å²) in [4.78, 5) is 14.1. The van der Waals surface area contributed by atoms with E-state index in [9.17, 15) is 9.90 Å². The van der Waals surface area contributed by atoms with E-state index in [1.807, 2.05) is 0 Å². The van der Waals surface area contributed by atoms with Gasteiger partial charge in [0.15, 0.2) is 0 Å². The molecule has 29 heavy (non-hydrogen) atoms. The second-order valence-corrected chi connectivity index (χ2v) is 9.59. The first-order valence-corrected chi connectivity index (χ1v) is 11.4. The number of benzene rings is 1. The molecule has 5 heteroatoms. The largest absolute Gasteiger partial charge is 0.481 e. The lowest BCUT2D eigenvalue weighted by Crippen LogP contribution is -2.53. The number of nitrogens with zero attached hydrogens (tertiary/aromatic N) is 1. The number of aliphatic carboxylic acids is 1. The molecule has 4 rings (SSSR count). The van der Waals surface area contributed by atoms with E-state index in [2.05, 4.69) is 47.5 Å². The first-order chi connectivity index (χ1) is 14.1. The van der Waals surface area contributed by atoms with Gasteiger partial charge in [-0.3, -0.25) is 4.79 Å². The smallest absolute Gasteiger partial charge is 0.310 e. The fourth-order valence-electron chi connectivity index (χ4n) is 5.18. The van der Waals surface area contributed by atoms with Gasteiger partial charge in [-0.05, 0) is 57.7 Å². The van der Waals surface area contributed by atoms with Crippen LogP contribution in [0.3, 0.4) is 0 Å². The van der Waals surface area contributed by atoms with Gasteiger partial charge in [-0.15, -0.1) is 0 Å². The maximum atomic E-state index is 11.7. The highest BCUT2D eigenvalue weighted by atomic mass is 16.5. The number of carbonyl (C=O) groups is 1. The minimum absolute atomic E-state index is 0.173. The Hall–Kier alpha value is -1.43. The van der Waals surface area contributed by atoms with Gasteiger partial charge in [-0.25, -0.2) is 0 Å². The van der Waals surface area contributed by atoms with Gasteiger partial charge in [-0.1, -0.05) is 36.8 Å². The Bertz CT molecular complexity index is 681. The molecule has 1 aromatic rings. The minimum Gasteiger partial charge on any atom is -0.481 e. The Balaban J connectivity index is 1.30. The Morgan fingerprint density at radius 2 is 1.93 bits per heavy atom. The first-order valence-electron chi connectivity index (χ1n) is 11.4. The van der Waals surface area contributed by atoms with Crippen LogP contribution in [0.4, 0.5) is 0 Å². The summed E-state index contributed by atoms with van der Waals surface area (Å²) < 4.78 is 5.89. The molecule has 3 aliphatic rings. The summed E-state index contributed by atoms with van der Waals surface area (Å²) in [6.45, 7) is 7.31. The molecular weight excluding hydrogens is 364 g/mol. The van der Waals surface area contributed by atoms with Crippen molar-refractivity contribution in [1.82, 2.24) is 10.2 Å². The molecule has 2 aliphatic carbocycles. The number of ether oxygens (including phenoxy) is 1. The van der Waals surface area contributed by atoms with Gasteiger partial charge in [0.25, 0.3) is 0 Å². The molecule has 0 aromatic heterocycles. The van der Waals surface area contributed by atoms with E-state index in [4.69, 9.17) is 4.74 Å². The molecule has 0 amide bonds. The van der Waals surface area contributed by atoms with E-state index in [-0.39, 0.29) is 5.41 Å². The first kappa shape index (κ1) is 20.8. The van der Waals surface area contributed by atoms with Crippen LogP contribution in [-0.2, 0) is 9.53 Å². The Morgan fingerprint density at radius 3 is 2.52 bits per heavy atom. The number of piperidine rings is 1. The second-order valence-electron chi connectivity index (χ2n) is 9.59. The molecule has 160 valence electrons. The van der Waals surface area contributed by atoms with Crippen LogP contribution >= 0.6 is 0 Å². The fraction of sp³-hybridized carbons (Fsp3) is 0.708. The molecule has 1 heterocycles. The molecule has 2 atom stereocenters. The number of carboxylic acids is 1. The lowest BCUT2D eigenvalue weighted by Gasteiger charge is -2.46. The van der Waals surface area contributed by atoms with Crippen molar-refractivity contribution >= 4 is 5.97 Å². The zero-order valence-corrected chi connectivity index (χ0v) is 17.7. The SMILES string of the molecule is CCOCC1(CNC2CC2c2ccccc2)CCN(CC2(C(=O)O)CCC2)CC1. The van der Waals surface area contributed by atoms with Crippen molar-refractivity contribution in [1.29, 1.82) is 0 Å². The average Bonchev–Trinajstić information content (AvgIpc) is 3.49. The van der Waals surface area contributed by atoms with Crippen molar-refractivity contribution in [2.24, 2.45) is 10.8 Å². The highest BCUT2D eigenvalue weighted by Crippen LogP contribution is 2.44. The Labute approximate surface area is 174 Å². The van der Waals surface area contributed by atoms with Crippen molar-refractivity contribution in [2.75, 3.05) is 39.4 Å². The van der Waals surface area contributed by atoms with E-state index in [0.29, 0.717) is 12.0 Å². The van der Waals surface area contributed by atoms with Crippen LogP contribution in [-0.4, -0.2) is 61.4 Å². The summed E-state index contributed by atoms with van der Waals surface area (Å²) in [7, 11) is 0. The van der Waals surface area contributed by atoms with Crippen LogP contribution in [0, 0.1) is 10.8 Å². The predicted octanol–water partition coefficient (Wildman–Crippen LogP) is 3.51. The van der Waals surface area contributed by atoms with Gasteiger partial charge in [0, 0.05) is 37.1 Å². The fourth-order valence-corrected chi connectivity index (χ4v) is 5.18. The highest BCUT2D eigenvalue weighted by Gasteiger charge is 2.47. The Kier molecular flexibility index (Phi) is 6.28. The van der Waals surface area contributed by atoms with Gasteiger partial charge < -0.3 is 20.1 Å². The predicted molar refractivity (Wildman–Crippen MR) is 114 cm³/mol. The molecule has 2 saturated carbocycles. The molecule has 0 spiro atoms. The minimum atomic E-state index is -0.600. The number of hydrogen-bond donors (Lipinski definition) is 2. The second kappa shape index (κ2) is 8.75. The third-order valence-electron chi connectivity index (χ3n) is 7.58. The molecule has 1 saturated heterocycles. The van der Waals surface area contributed by atoms with Gasteiger partial charge in [0.1, 0.15) is 0 Å². The summed E-state index contributed by atoms with van der Waals surface area (Å²) in [5.41, 5.74) is 1.14. The summed E-state index contributed by atoms with van der Waals surface area (Å²) in [5, 5.41) is 13.5. The zero-order chi connectivity index (χ0) is 20.3. The molecule has 0 bridgehead atoms. The third kappa shape index (κ3) is 4.68. The maximum absolute atomic E-state index is 11.7. The molecule has 5 nitrogen and oxygen atoms in total. The highest BCUT2D eigenvalue weighted by molar-refractivity contribution is 5.76. The van der Waals surface area contributed by atoms with Crippen molar-refractivity contribution in [3.8, 4) is 0 Å². The molecule has 3 fully saturated rings. The molecule has 1 aromatic carbocycles. The lowest BCUT2D eigenvalue weighted by atomic mass is 9.68. The van der Waals surface area contributed by atoms with E-state index in [1.165, 1.54) is 12.0 Å². The van der Waals surface area contributed by atoms with Crippen LogP contribution in [0.15, 0.2) is 30.3 Å². The summed E-state index contributed by atoms with van der Waals surface area (Å²) in [6.07, 6.45) is 6.13. The zero-order valence-electron chi connectivity index (χ0n) is 17.7. The third-order valence-corrected chi connectivity index (χ3v) is 7.58. The van der Waals surface area contributed by atoms with Gasteiger partial charge >= 0.3 is 5.97 Å². The summed E-state index contributed by atoms with van der Waals surface area (Å²) >= 11 is 0. The van der Waals surface area contributed by atoms with Crippen LogP contribution in [0.2, 0.25) is 0 Å². The van der Waals surface area contributed by atoms with Crippen molar-refractivity contribution < 1.29 is 14.6 Å². The number of hydrogen-bond acceptors (Lipinski definition) is 4. The molecular formula is C24H36N2O3. The van der Waals surface area contributed by atoms with E-state index in [1.54, 1.807) is 0 Å². The average molecular weight is 401 g/mol. The van der Waals surface area contributed by atoms with E-state index < -0.39 is 11.4 Å². The molecule has 1 aliphatic heterocycles. The number of carboxylic acid groups (broad SMARTS) is 1. The standard InChI is InChI=1S/C24H36N2O3/c1-2-29-18-23(16-25-21-15-20(21)19-7-4-3-5-8-19)11-13-26(14-12-23)17-24(22(27)28)9-6-10-24/h3-5,7-8,20-21,25H,2,6,9-18H2,1H3,(H,27,28). The monoisotopic (exact) mass is 400 g/mol. The van der Waals surface area contributed by atoms with Crippen LogP contribution in [0.25, 0.3) is 0 Å². The Morgan fingerprint density at radius 1 is 1.21 bits per heavy atom. The molecule has 2 unspecified atom stereocenters. The number of rotatable bonds is 10. The van der Waals surface area contributed by atoms with Gasteiger partial charge in [0.05, 0.1) is 12.0 Å². The van der Waals surface area contributed by atoms with Crippen LogP contribution in [0.1, 0.15) is 56.9 Å². The quantitative estimate of drug-likeness (QED) is 0.629. The summed E-state index contributed by atoms with van der Waals surface area (Å²) in [6, 6.07) is 11.4. The van der Waals surface area contributed by atoms with Crippen LogP contribution < -0.4 is 5.32 Å². The van der Waals surface area contributed by atoms with E-state index >= 15 is 0 Å². The van der Waals surface area contributed by atoms with Gasteiger partial charge in [-0.2, -0.15) is 0 Å². The van der Waals surface area contributed by atoms with Crippen LogP contribution in [0.5, 0.6) is 0 Å².